The second-order valence-electron chi connectivity index (χ2n) is 4.52. The molecule has 0 aliphatic heterocycles. The number of hydrogen-bond donors (Lipinski definition) is 2. The van der Waals surface area contributed by atoms with E-state index in [0.717, 1.165) is 13.0 Å². The molecule has 1 aromatic heterocycles. The smallest absolute Gasteiger partial charge is 0.241 e. The van der Waals surface area contributed by atoms with Crippen LogP contribution in [-0.2, 0) is 16.6 Å². The Kier molecular flexibility index (Phi) is 5.74. The minimum Gasteiger partial charge on any atom is -0.391 e. The van der Waals surface area contributed by atoms with Gasteiger partial charge in [-0.05, 0) is 40.1 Å². The zero-order chi connectivity index (χ0) is 13.8. The fraction of sp³-hybridized carbons (Fsp3) is 0.636. The first kappa shape index (κ1) is 15.6. The summed E-state index contributed by atoms with van der Waals surface area (Å²) in [5.74, 6) is 0. The molecule has 104 valence electrons. The third-order valence-corrected chi connectivity index (χ3v) is 5.10. The van der Waals surface area contributed by atoms with Crippen LogP contribution in [-0.4, -0.2) is 45.1 Å². The summed E-state index contributed by atoms with van der Waals surface area (Å²) in [5, 5.41) is 10.5. The third-order valence-electron chi connectivity index (χ3n) is 2.46. The highest BCUT2D eigenvalue weighted by Crippen LogP contribution is 2.19. The van der Waals surface area contributed by atoms with Crippen molar-refractivity contribution >= 4 is 21.4 Å². The molecule has 1 rings (SSSR count). The Morgan fingerprint density at radius 1 is 1.50 bits per heavy atom. The van der Waals surface area contributed by atoms with E-state index in [4.69, 9.17) is 5.11 Å². The van der Waals surface area contributed by atoms with E-state index in [1.54, 1.807) is 5.38 Å². The van der Waals surface area contributed by atoms with Crippen molar-refractivity contribution in [3.8, 4) is 0 Å². The zero-order valence-electron chi connectivity index (χ0n) is 10.9. The van der Waals surface area contributed by atoms with Crippen molar-refractivity contribution in [3.05, 3.63) is 16.3 Å². The van der Waals surface area contributed by atoms with Crippen LogP contribution in [0.1, 0.15) is 18.2 Å². The topological polar surface area (TPSA) is 69.6 Å². The lowest BCUT2D eigenvalue weighted by Crippen LogP contribution is -2.34. The van der Waals surface area contributed by atoms with Crippen molar-refractivity contribution < 1.29 is 13.5 Å². The fourth-order valence-corrected chi connectivity index (χ4v) is 3.84. The highest BCUT2D eigenvalue weighted by atomic mass is 32.2. The first-order valence-electron chi connectivity index (χ1n) is 5.70. The number of hydrogen-bond acceptors (Lipinski definition) is 5. The van der Waals surface area contributed by atoms with Crippen LogP contribution in [0.2, 0.25) is 0 Å². The molecule has 1 unspecified atom stereocenters. The average Bonchev–Trinajstić information content (AvgIpc) is 2.75. The highest BCUT2D eigenvalue weighted by Gasteiger charge is 2.18. The lowest BCUT2D eigenvalue weighted by atomic mass is 10.2. The Bertz CT molecular complexity index is 468. The summed E-state index contributed by atoms with van der Waals surface area (Å²) in [5.41, 5.74) is 0. The molecule has 18 heavy (non-hydrogen) atoms. The van der Waals surface area contributed by atoms with Crippen molar-refractivity contribution in [1.29, 1.82) is 0 Å². The molecule has 0 amide bonds. The number of nitrogens with one attached hydrogen (secondary N) is 1. The van der Waals surface area contributed by atoms with Crippen LogP contribution in [0.3, 0.4) is 0 Å². The van der Waals surface area contributed by atoms with Gasteiger partial charge in [0.25, 0.3) is 0 Å². The first-order valence-corrected chi connectivity index (χ1v) is 8.06. The highest BCUT2D eigenvalue weighted by molar-refractivity contribution is 7.89. The molecule has 0 radical (unpaired) electrons. The van der Waals surface area contributed by atoms with Crippen molar-refractivity contribution in [2.75, 3.05) is 20.6 Å². The summed E-state index contributed by atoms with van der Waals surface area (Å²) in [6, 6.07) is 1.39. The molecular formula is C11H20N2O3S2. The van der Waals surface area contributed by atoms with Gasteiger partial charge in [-0.3, -0.25) is 0 Å². The molecule has 1 atom stereocenters. The van der Waals surface area contributed by atoms with Crippen molar-refractivity contribution in [3.63, 3.8) is 0 Å². The predicted molar refractivity (Wildman–Crippen MR) is 73.2 cm³/mol. The maximum atomic E-state index is 12.0. The normalized spacial score (nSPS) is 14.1. The van der Waals surface area contributed by atoms with Gasteiger partial charge in [0.15, 0.2) is 0 Å². The van der Waals surface area contributed by atoms with Crippen molar-refractivity contribution in [1.82, 2.24) is 9.62 Å². The summed E-state index contributed by atoms with van der Waals surface area (Å²) >= 11 is 1.24. The maximum Gasteiger partial charge on any atom is 0.241 e. The van der Waals surface area contributed by atoms with Gasteiger partial charge < -0.3 is 10.0 Å². The Balaban J connectivity index is 2.64. The molecule has 1 heterocycles. The predicted octanol–water partition coefficient (Wildman–Crippen LogP) is 0.859. The second kappa shape index (κ2) is 6.63. The van der Waals surface area contributed by atoms with E-state index in [2.05, 4.69) is 4.72 Å². The van der Waals surface area contributed by atoms with Gasteiger partial charge in [0.2, 0.25) is 10.0 Å². The summed E-state index contributed by atoms with van der Waals surface area (Å²) in [4.78, 5) is 2.89. The third kappa shape index (κ3) is 4.66. The molecule has 0 aliphatic rings. The lowest BCUT2D eigenvalue weighted by molar-refractivity contribution is 0.285. The van der Waals surface area contributed by atoms with Crippen molar-refractivity contribution in [2.45, 2.75) is 30.9 Å². The molecule has 0 aromatic carbocycles. The van der Waals surface area contributed by atoms with Crippen LogP contribution in [0.5, 0.6) is 0 Å². The van der Waals surface area contributed by atoms with Crippen LogP contribution in [0.15, 0.2) is 16.3 Å². The molecule has 0 spiro atoms. The van der Waals surface area contributed by atoms with Gasteiger partial charge in [0.1, 0.15) is 0 Å². The van der Waals surface area contributed by atoms with Gasteiger partial charge in [0.05, 0.1) is 11.5 Å². The quantitative estimate of drug-likeness (QED) is 0.782. The molecule has 0 saturated heterocycles. The molecule has 0 bridgehead atoms. The summed E-state index contributed by atoms with van der Waals surface area (Å²) in [6.07, 6.45) is 0.753. The minimum atomic E-state index is -3.47. The first-order chi connectivity index (χ1) is 8.35. The Morgan fingerprint density at radius 3 is 2.67 bits per heavy atom. The number of aliphatic hydroxyl groups excluding tert-OH is 1. The van der Waals surface area contributed by atoms with E-state index < -0.39 is 10.0 Å². The Hall–Kier alpha value is -0.470. The molecular weight excluding hydrogens is 272 g/mol. The zero-order valence-corrected chi connectivity index (χ0v) is 12.5. The molecule has 0 aliphatic carbocycles. The van der Waals surface area contributed by atoms with Crippen LogP contribution >= 0.6 is 11.3 Å². The number of sulfonamides is 1. The van der Waals surface area contributed by atoms with Gasteiger partial charge in [0, 0.05) is 16.3 Å². The van der Waals surface area contributed by atoms with Crippen LogP contribution in [0.4, 0.5) is 0 Å². The summed E-state index contributed by atoms with van der Waals surface area (Å²) in [6.45, 7) is 2.55. The molecule has 1 aromatic rings. The Labute approximate surface area is 112 Å². The second-order valence-corrected chi connectivity index (χ2v) is 7.23. The molecule has 2 N–H and O–H groups in total. The molecule has 0 saturated carbocycles. The average molecular weight is 292 g/mol. The van der Waals surface area contributed by atoms with E-state index in [0.29, 0.717) is 4.88 Å². The van der Waals surface area contributed by atoms with Gasteiger partial charge in [-0.2, -0.15) is 0 Å². The van der Waals surface area contributed by atoms with Crippen molar-refractivity contribution in [2.24, 2.45) is 0 Å². The van der Waals surface area contributed by atoms with Gasteiger partial charge in [-0.25, -0.2) is 13.1 Å². The van der Waals surface area contributed by atoms with Gasteiger partial charge in [-0.15, -0.1) is 11.3 Å². The standard InChI is InChI=1S/C11H20N2O3S2/c1-9(4-5-13(2)3)12-18(15,16)11-6-10(7-14)17-8-11/h6,8-9,12,14H,4-5,7H2,1-3H3. The van der Waals surface area contributed by atoms with E-state index >= 15 is 0 Å². The minimum absolute atomic E-state index is 0.116. The van der Waals surface area contributed by atoms with Gasteiger partial charge >= 0.3 is 0 Å². The van der Waals surface area contributed by atoms with E-state index in [9.17, 15) is 8.42 Å². The summed E-state index contributed by atoms with van der Waals surface area (Å²) in [7, 11) is 0.438. The fourth-order valence-electron chi connectivity index (χ4n) is 1.43. The summed E-state index contributed by atoms with van der Waals surface area (Å²) < 4.78 is 26.7. The Morgan fingerprint density at radius 2 is 2.17 bits per heavy atom. The molecule has 7 heteroatoms. The van der Waals surface area contributed by atoms with Crippen LogP contribution in [0, 0.1) is 0 Å². The van der Waals surface area contributed by atoms with Gasteiger partial charge in [-0.1, -0.05) is 0 Å². The molecule has 5 nitrogen and oxygen atoms in total. The van der Waals surface area contributed by atoms with Crippen LogP contribution < -0.4 is 4.72 Å². The monoisotopic (exact) mass is 292 g/mol. The number of nitrogens with zero attached hydrogens (tertiary/aromatic N) is 1. The number of rotatable bonds is 7. The van der Waals surface area contributed by atoms with Crippen LogP contribution in [0.25, 0.3) is 0 Å². The number of thiophene rings is 1. The largest absolute Gasteiger partial charge is 0.391 e. The number of aliphatic hydroxyl groups is 1. The van der Waals surface area contributed by atoms with E-state index in [-0.39, 0.29) is 17.5 Å². The van der Waals surface area contributed by atoms with E-state index in [1.165, 1.54) is 17.4 Å². The molecule has 0 fully saturated rings. The van der Waals surface area contributed by atoms with E-state index in [1.807, 2.05) is 25.9 Å². The SMILES string of the molecule is CC(CCN(C)C)NS(=O)(=O)c1csc(CO)c1. The maximum absolute atomic E-state index is 12.0. The lowest BCUT2D eigenvalue weighted by Gasteiger charge is -2.16.